The van der Waals surface area contributed by atoms with E-state index in [4.69, 9.17) is 16.3 Å². The number of hydrogen-bond acceptors (Lipinski definition) is 5. The lowest BCUT2D eigenvalue weighted by Gasteiger charge is -2.34. The van der Waals surface area contributed by atoms with Crippen LogP contribution in [0, 0.1) is 6.92 Å². The van der Waals surface area contributed by atoms with Crippen molar-refractivity contribution in [3.05, 3.63) is 125 Å². The molecule has 1 atom stereocenters. The number of amides is 2. The van der Waals surface area contributed by atoms with E-state index in [2.05, 4.69) is 5.32 Å². The number of sulfonamides is 1. The van der Waals surface area contributed by atoms with Crippen molar-refractivity contribution < 1.29 is 22.7 Å². The number of nitrogens with one attached hydrogen (secondary N) is 1. The van der Waals surface area contributed by atoms with E-state index >= 15 is 0 Å². The first kappa shape index (κ1) is 33.6. The topological polar surface area (TPSA) is 96.0 Å². The molecule has 0 radical (unpaired) electrons. The third-order valence-electron chi connectivity index (χ3n) is 7.31. The molecule has 0 aliphatic carbocycles. The molecule has 0 fully saturated rings. The molecule has 8 nitrogen and oxygen atoms in total. The molecule has 0 aliphatic rings. The molecule has 4 rings (SSSR count). The second-order valence-corrected chi connectivity index (χ2v) is 13.2. The molecular weight excluding hydrogens is 610 g/mol. The van der Waals surface area contributed by atoms with Crippen molar-refractivity contribution >= 4 is 39.1 Å². The fraction of sp³-hybridized carbons (Fsp3) is 0.257. The Bertz CT molecular complexity index is 1720. The summed E-state index contributed by atoms with van der Waals surface area (Å²) in [6.07, 6.45) is 0.219. The number of benzene rings is 4. The maximum atomic E-state index is 14.6. The van der Waals surface area contributed by atoms with Gasteiger partial charge in [0.15, 0.2) is 0 Å². The first-order chi connectivity index (χ1) is 21.5. The molecule has 45 heavy (non-hydrogen) atoms. The average Bonchev–Trinajstić information content (AvgIpc) is 3.03. The molecule has 10 heteroatoms. The zero-order valence-corrected chi connectivity index (χ0v) is 27.4. The molecule has 2 amide bonds. The van der Waals surface area contributed by atoms with Crippen LogP contribution >= 0.6 is 11.6 Å². The van der Waals surface area contributed by atoms with Crippen molar-refractivity contribution in [2.75, 3.05) is 18.0 Å². The lowest BCUT2D eigenvalue weighted by Crippen LogP contribution is -2.54. The Morgan fingerprint density at radius 1 is 0.867 bits per heavy atom. The van der Waals surface area contributed by atoms with Crippen LogP contribution in [0.15, 0.2) is 108 Å². The number of methoxy groups -OCH3 is 1. The minimum Gasteiger partial charge on any atom is -0.497 e. The number of rotatable bonds is 13. The van der Waals surface area contributed by atoms with Gasteiger partial charge in [-0.15, -0.1) is 0 Å². The Morgan fingerprint density at radius 3 is 2.13 bits per heavy atom. The van der Waals surface area contributed by atoms with Gasteiger partial charge in [0.1, 0.15) is 18.3 Å². The molecule has 236 valence electrons. The van der Waals surface area contributed by atoms with Gasteiger partial charge >= 0.3 is 0 Å². The van der Waals surface area contributed by atoms with Gasteiger partial charge < -0.3 is 15.0 Å². The minimum atomic E-state index is -4.22. The second kappa shape index (κ2) is 15.1. The molecule has 4 aromatic carbocycles. The first-order valence-corrected chi connectivity index (χ1v) is 16.4. The summed E-state index contributed by atoms with van der Waals surface area (Å²) in [4.78, 5) is 29.8. The van der Waals surface area contributed by atoms with Crippen molar-refractivity contribution in [1.29, 1.82) is 0 Å². The monoisotopic (exact) mass is 647 g/mol. The number of halogens is 1. The van der Waals surface area contributed by atoms with Crippen LogP contribution in [-0.4, -0.2) is 50.9 Å². The Labute approximate surface area is 270 Å². The fourth-order valence-corrected chi connectivity index (χ4v) is 6.66. The Morgan fingerprint density at radius 2 is 1.49 bits per heavy atom. The molecule has 1 N–H and O–H groups in total. The molecule has 0 aromatic heterocycles. The summed E-state index contributed by atoms with van der Waals surface area (Å²) in [6.45, 7) is 4.87. The predicted octanol–water partition coefficient (Wildman–Crippen LogP) is 6.02. The summed E-state index contributed by atoms with van der Waals surface area (Å²) in [7, 11) is -2.67. The van der Waals surface area contributed by atoms with E-state index in [0.29, 0.717) is 16.3 Å². The Balaban J connectivity index is 1.84. The Hall–Kier alpha value is -4.34. The van der Waals surface area contributed by atoms with E-state index in [1.807, 2.05) is 50.2 Å². The SMILES string of the molecule is COc1cccc(CN(C(=O)CN(c2cccc(Cl)c2C)S(=O)(=O)c2ccccc2)[C@@H](Cc2ccccc2)C(=O)NC(C)C)c1. The lowest BCUT2D eigenvalue weighted by molar-refractivity contribution is -0.140. The van der Waals surface area contributed by atoms with Gasteiger partial charge in [-0.05, 0) is 73.9 Å². The molecular formula is C35H38ClN3O5S. The van der Waals surface area contributed by atoms with Crippen molar-refractivity contribution in [1.82, 2.24) is 10.2 Å². The van der Waals surface area contributed by atoms with Gasteiger partial charge in [0.05, 0.1) is 17.7 Å². The summed E-state index contributed by atoms with van der Waals surface area (Å²) in [6, 6.07) is 28.4. The molecule has 0 saturated carbocycles. The van der Waals surface area contributed by atoms with Crippen LogP contribution in [0.4, 0.5) is 5.69 Å². The smallest absolute Gasteiger partial charge is 0.264 e. The molecule has 0 saturated heterocycles. The van der Waals surface area contributed by atoms with Gasteiger partial charge in [0.2, 0.25) is 11.8 Å². The highest BCUT2D eigenvalue weighted by Gasteiger charge is 2.35. The van der Waals surface area contributed by atoms with E-state index in [-0.39, 0.29) is 35.5 Å². The normalized spacial score (nSPS) is 12.0. The van der Waals surface area contributed by atoms with Crippen molar-refractivity contribution in [3.8, 4) is 5.75 Å². The Kier molecular flexibility index (Phi) is 11.3. The van der Waals surface area contributed by atoms with E-state index < -0.39 is 28.5 Å². The summed E-state index contributed by atoms with van der Waals surface area (Å²) in [5.41, 5.74) is 2.34. The van der Waals surface area contributed by atoms with Crippen LogP contribution in [0.5, 0.6) is 5.75 Å². The summed E-state index contributed by atoms with van der Waals surface area (Å²) >= 11 is 6.44. The summed E-state index contributed by atoms with van der Waals surface area (Å²) in [5, 5.41) is 3.32. The van der Waals surface area contributed by atoms with Crippen LogP contribution < -0.4 is 14.4 Å². The maximum absolute atomic E-state index is 14.6. The summed E-state index contributed by atoms with van der Waals surface area (Å²) in [5.74, 6) is -0.313. The molecule has 0 bridgehead atoms. The average molecular weight is 648 g/mol. The van der Waals surface area contributed by atoms with Gasteiger partial charge in [-0.1, -0.05) is 78.3 Å². The zero-order chi connectivity index (χ0) is 32.6. The van der Waals surface area contributed by atoms with Crippen molar-refractivity contribution in [3.63, 3.8) is 0 Å². The van der Waals surface area contributed by atoms with Gasteiger partial charge in [-0.2, -0.15) is 0 Å². The van der Waals surface area contributed by atoms with Gasteiger partial charge in [-0.25, -0.2) is 8.42 Å². The molecule has 0 spiro atoms. The fourth-order valence-electron chi connectivity index (χ4n) is 5.00. The van der Waals surface area contributed by atoms with E-state index in [9.17, 15) is 18.0 Å². The van der Waals surface area contributed by atoms with Gasteiger partial charge in [0.25, 0.3) is 10.0 Å². The highest BCUT2D eigenvalue weighted by atomic mass is 35.5. The molecule has 0 aliphatic heterocycles. The van der Waals surface area contributed by atoms with Crippen LogP contribution in [0.3, 0.4) is 0 Å². The number of carbonyl (C=O) groups excluding carboxylic acids is 2. The quantitative estimate of drug-likeness (QED) is 0.192. The van der Waals surface area contributed by atoms with Crippen molar-refractivity contribution in [2.24, 2.45) is 0 Å². The summed E-state index contributed by atoms with van der Waals surface area (Å²) < 4.78 is 34.8. The molecule has 0 unspecified atom stereocenters. The lowest BCUT2D eigenvalue weighted by atomic mass is 10.0. The van der Waals surface area contributed by atoms with Crippen LogP contribution in [0.1, 0.15) is 30.5 Å². The van der Waals surface area contributed by atoms with Crippen LogP contribution in [0.25, 0.3) is 0 Å². The highest BCUT2D eigenvalue weighted by Crippen LogP contribution is 2.31. The number of hydrogen-bond donors (Lipinski definition) is 1. The van der Waals surface area contributed by atoms with E-state index in [0.717, 1.165) is 15.4 Å². The highest BCUT2D eigenvalue weighted by molar-refractivity contribution is 7.92. The predicted molar refractivity (Wildman–Crippen MR) is 178 cm³/mol. The standard InChI is InChI=1S/C35H38ClN3O5S/c1-25(2)37-35(41)33(22-27-13-7-5-8-14-27)38(23-28-15-11-16-29(21-28)44-4)34(40)24-39(32-20-12-19-31(36)26(32)3)45(42,43)30-17-9-6-10-18-30/h5-21,25,33H,22-24H2,1-4H3,(H,37,41)/t33-/m0/s1. The van der Waals surface area contributed by atoms with Crippen molar-refractivity contribution in [2.45, 2.75) is 50.7 Å². The van der Waals surface area contributed by atoms with E-state index in [1.54, 1.807) is 68.6 Å². The molecule has 0 heterocycles. The largest absolute Gasteiger partial charge is 0.497 e. The molecule has 4 aromatic rings. The second-order valence-electron chi connectivity index (χ2n) is 11.0. The zero-order valence-electron chi connectivity index (χ0n) is 25.8. The maximum Gasteiger partial charge on any atom is 0.264 e. The number of nitrogens with zero attached hydrogens (tertiary/aromatic N) is 2. The third kappa shape index (κ3) is 8.44. The number of carbonyl (C=O) groups is 2. The first-order valence-electron chi connectivity index (χ1n) is 14.6. The van der Waals surface area contributed by atoms with Crippen LogP contribution in [0.2, 0.25) is 5.02 Å². The number of ether oxygens (including phenoxy) is 1. The number of anilines is 1. The van der Waals surface area contributed by atoms with Gasteiger partial charge in [-0.3, -0.25) is 13.9 Å². The minimum absolute atomic E-state index is 0.0231. The van der Waals surface area contributed by atoms with Gasteiger partial charge in [0, 0.05) is 24.0 Å². The third-order valence-corrected chi connectivity index (χ3v) is 9.49. The van der Waals surface area contributed by atoms with E-state index in [1.165, 1.54) is 17.0 Å². The van der Waals surface area contributed by atoms with Crippen LogP contribution in [-0.2, 0) is 32.6 Å².